The Balaban J connectivity index is 2.15. The van der Waals surface area contributed by atoms with Crippen LogP contribution in [-0.2, 0) is 6.42 Å². The van der Waals surface area contributed by atoms with Gasteiger partial charge in [0.05, 0.1) is 0 Å². The first-order chi connectivity index (χ1) is 8.09. The molecule has 1 aromatic carbocycles. The van der Waals surface area contributed by atoms with Gasteiger partial charge in [-0.25, -0.2) is 4.39 Å². The van der Waals surface area contributed by atoms with Gasteiger partial charge in [0.25, 0.3) is 0 Å². The van der Waals surface area contributed by atoms with Crippen molar-refractivity contribution >= 4 is 11.6 Å². The fourth-order valence-electron chi connectivity index (χ4n) is 2.67. The first-order valence-electron chi connectivity index (χ1n) is 6.32. The molecular weight excluding hydrogens is 237 g/mol. The summed E-state index contributed by atoms with van der Waals surface area (Å²) in [5.74, 6) is -0.191. The first kappa shape index (κ1) is 12.8. The van der Waals surface area contributed by atoms with Crippen molar-refractivity contribution in [3.05, 3.63) is 34.6 Å². The average Bonchev–Trinajstić information content (AvgIpc) is 2.49. The van der Waals surface area contributed by atoms with Gasteiger partial charge in [-0.1, -0.05) is 37.3 Å². The Bertz CT molecular complexity index is 384. The van der Waals surface area contributed by atoms with E-state index >= 15 is 0 Å². The molecule has 17 heavy (non-hydrogen) atoms. The van der Waals surface area contributed by atoms with Crippen molar-refractivity contribution in [2.24, 2.45) is 5.73 Å². The zero-order chi connectivity index (χ0) is 12.3. The van der Waals surface area contributed by atoms with E-state index in [4.69, 9.17) is 17.3 Å². The number of benzene rings is 1. The minimum Gasteiger partial charge on any atom is -0.325 e. The molecule has 0 spiro atoms. The van der Waals surface area contributed by atoms with E-state index in [0.717, 1.165) is 25.7 Å². The SMILES string of the molecule is NC1(Cc2cc(Cl)ccc2F)CCCCCC1. The predicted molar refractivity (Wildman–Crippen MR) is 69.7 cm³/mol. The van der Waals surface area contributed by atoms with Gasteiger partial charge in [0, 0.05) is 10.6 Å². The molecule has 2 rings (SSSR count). The Labute approximate surface area is 107 Å². The molecule has 1 aliphatic rings. The van der Waals surface area contributed by atoms with Crippen molar-refractivity contribution in [1.29, 1.82) is 0 Å². The van der Waals surface area contributed by atoms with Gasteiger partial charge >= 0.3 is 0 Å². The summed E-state index contributed by atoms with van der Waals surface area (Å²) in [7, 11) is 0. The maximum absolute atomic E-state index is 13.7. The normalized spacial score (nSPS) is 19.9. The lowest BCUT2D eigenvalue weighted by molar-refractivity contribution is 0.364. The third-order valence-corrected chi connectivity index (χ3v) is 3.88. The van der Waals surface area contributed by atoms with E-state index in [-0.39, 0.29) is 11.4 Å². The average molecular weight is 256 g/mol. The lowest BCUT2D eigenvalue weighted by atomic mass is 9.85. The molecule has 1 aromatic rings. The van der Waals surface area contributed by atoms with Crippen LogP contribution in [0.1, 0.15) is 44.1 Å². The highest BCUT2D eigenvalue weighted by atomic mass is 35.5. The van der Waals surface area contributed by atoms with Gasteiger partial charge in [-0.05, 0) is 43.0 Å². The molecule has 1 fully saturated rings. The molecule has 1 saturated carbocycles. The van der Waals surface area contributed by atoms with Gasteiger partial charge in [0.15, 0.2) is 0 Å². The summed E-state index contributed by atoms with van der Waals surface area (Å²) in [6.07, 6.45) is 7.36. The minimum atomic E-state index is -0.248. The highest BCUT2D eigenvalue weighted by molar-refractivity contribution is 6.30. The van der Waals surface area contributed by atoms with E-state index in [1.165, 1.54) is 18.9 Å². The molecule has 1 aliphatic carbocycles. The Morgan fingerprint density at radius 2 is 1.82 bits per heavy atom. The molecule has 0 radical (unpaired) electrons. The highest BCUT2D eigenvalue weighted by Crippen LogP contribution is 2.29. The van der Waals surface area contributed by atoms with Crippen LogP contribution in [0.4, 0.5) is 4.39 Å². The molecule has 1 nitrogen and oxygen atoms in total. The molecule has 0 amide bonds. The molecule has 0 atom stereocenters. The fourth-order valence-corrected chi connectivity index (χ4v) is 2.86. The summed E-state index contributed by atoms with van der Waals surface area (Å²) < 4.78 is 13.7. The Kier molecular flexibility index (Phi) is 4.05. The lowest BCUT2D eigenvalue weighted by Crippen LogP contribution is -2.41. The van der Waals surface area contributed by atoms with E-state index in [1.54, 1.807) is 12.1 Å². The molecule has 0 saturated heterocycles. The monoisotopic (exact) mass is 255 g/mol. The number of rotatable bonds is 2. The van der Waals surface area contributed by atoms with Gasteiger partial charge in [-0.2, -0.15) is 0 Å². The zero-order valence-electron chi connectivity index (χ0n) is 10.0. The number of hydrogen-bond acceptors (Lipinski definition) is 1. The van der Waals surface area contributed by atoms with Gasteiger partial charge in [0.2, 0.25) is 0 Å². The molecule has 94 valence electrons. The Morgan fingerprint density at radius 1 is 1.18 bits per heavy atom. The summed E-state index contributed by atoms with van der Waals surface area (Å²) in [5, 5.41) is 0.582. The molecule has 2 N–H and O–H groups in total. The van der Waals surface area contributed by atoms with Crippen LogP contribution in [0.25, 0.3) is 0 Å². The molecular formula is C14H19ClFN. The van der Waals surface area contributed by atoms with E-state index in [9.17, 15) is 4.39 Å². The van der Waals surface area contributed by atoms with Gasteiger partial charge in [-0.15, -0.1) is 0 Å². The number of nitrogens with two attached hydrogens (primary N) is 1. The van der Waals surface area contributed by atoms with Gasteiger partial charge < -0.3 is 5.73 Å². The Hall–Kier alpha value is -0.600. The molecule has 0 aliphatic heterocycles. The van der Waals surface area contributed by atoms with E-state index < -0.39 is 0 Å². The predicted octanol–water partition coefficient (Wildman–Crippen LogP) is 4.07. The summed E-state index contributed by atoms with van der Waals surface area (Å²) in [6.45, 7) is 0. The molecule has 0 heterocycles. The van der Waals surface area contributed by atoms with Crippen molar-refractivity contribution in [2.75, 3.05) is 0 Å². The van der Waals surface area contributed by atoms with Crippen LogP contribution >= 0.6 is 11.6 Å². The highest BCUT2D eigenvalue weighted by Gasteiger charge is 2.27. The smallest absolute Gasteiger partial charge is 0.126 e. The van der Waals surface area contributed by atoms with E-state index in [1.807, 2.05) is 0 Å². The maximum Gasteiger partial charge on any atom is 0.126 e. The topological polar surface area (TPSA) is 26.0 Å². The van der Waals surface area contributed by atoms with Crippen LogP contribution < -0.4 is 5.73 Å². The maximum atomic E-state index is 13.7. The largest absolute Gasteiger partial charge is 0.325 e. The summed E-state index contributed by atoms with van der Waals surface area (Å²) in [6, 6.07) is 4.71. The van der Waals surface area contributed by atoms with Crippen LogP contribution in [0.3, 0.4) is 0 Å². The first-order valence-corrected chi connectivity index (χ1v) is 6.70. The zero-order valence-corrected chi connectivity index (χ0v) is 10.8. The van der Waals surface area contributed by atoms with Crippen molar-refractivity contribution in [3.63, 3.8) is 0 Å². The third-order valence-electron chi connectivity index (χ3n) is 3.65. The van der Waals surface area contributed by atoms with Crippen LogP contribution in [0.15, 0.2) is 18.2 Å². The second-order valence-corrected chi connectivity index (χ2v) is 5.63. The van der Waals surface area contributed by atoms with Crippen LogP contribution in [0, 0.1) is 5.82 Å². The summed E-state index contributed by atoms with van der Waals surface area (Å²) in [5.41, 5.74) is 6.81. The second-order valence-electron chi connectivity index (χ2n) is 5.19. The van der Waals surface area contributed by atoms with Crippen LogP contribution in [0.5, 0.6) is 0 Å². The van der Waals surface area contributed by atoms with E-state index in [0.29, 0.717) is 17.0 Å². The molecule has 3 heteroatoms. The molecule has 0 aromatic heterocycles. The minimum absolute atomic E-state index is 0.191. The lowest BCUT2D eigenvalue weighted by Gasteiger charge is -2.28. The molecule has 0 bridgehead atoms. The second kappa shape index (κ2) is 5.36. The standard InChI is InChI=1S/C14H19ClFN/c15-12-5-6-13(16)11(9-12)10-14(17)7-3-1-2-4-8-14/h5-6,9H,1-4,7-8,10,17H2. The van der Waals surface area contributed by atoms with Crippen LogP contribution in [-0.4, -0.2) is 5.54 Å². The van der Waals surface area contributed by atoms with Crippen molar-refractivity contribution in [2.45, 2.75) is 50.5 Å². The number of hydrogen-bond donors (Lipinski definition) is 1. The van der Waals surface area contributed by atoms with Crippen molar-refractivity contribution in [1.82, 2.24) is 0 Å². The van der Waals surface area contributed by atoms with Crippen molar-refractivity contribution in [3.8, 4) is 0 Å². The fraction of sp³-hybridized carbons (Fsp3) is 0.571. The molecule has 0 unspecified atom stereocenters. The summed E-state index contributed by atoms with van der Waals surface area (Å²) >= 11 is 5.90. The van der Waals surface area contributed by atoms with Gasteiger partial charge in [-0.3, -0.25) is 0 Å². The summed E-state index contributed by atoms with van der Waals surface area (Å²) in [4.78, 5) is 0. The van der Waals surface area contributed by atoms with Gasteiger partial charge in [0.1, 0.15) is 5.82 Å². The third kappa shape index (κ3) is 3.43. The Morgan fingerprint density at radius 3 is 2.47 bits per heavy atom. The van der Waals surface area contributed by atoms with E-state index in [2.05, 4.69) is 0 Å². The van der Waals surface area contributed by atoms with Crippen LogP contribution in [0.2, 0.25) is 5.02 Å². The van der Waals surface area contributed by atoms with Crippen molar-refractivity contribution < 1.29 is 4.39 Å². The quantitative estimate of drug-likeness (QED) is 0.792. The number of halogens is 2.